The number of benzene rings is 1. The van der Waals surface area contributed by atoms with E-state index in [2.05, 4.69) is 29.7 Å². The third-order valence-corrected chi connectivity index (χ3v) is 4.78. The lowest BCUT2D eigenvalue weighted by Gasteiger charge is -2.29. The Morgan fingerprint density at radius 1 is 1.33 bits per heavy atom. The molecule has 124 valence electrons. The van der Waals surface area contributed by atoms with E-state index in [0.717, 1.165) is 48.3 Å². The van der Waals surface area contributed by atoms with Crippen molar-refractivity contribution in [2.75, 3.05) is 13.1 Å². The topological polar surface area (TPSA) is 49.0 Å². The third kappa shape index (κ3) is 3.51. The van der Waals surface area contributed by atoms with Crippen molar-refractivity contribution < 1.29 is 4.79 Å². The molecule has 0 N–H and O–H groups in total. The molecule has 1 saturated heterocycles. The molecule has 2 aromatic rings. The fraction of sp³-hybridized carbons (Fsp3) is 0.400. The van der Waals surface area contributed by atoms with Crippen molar-refractivity contribution in [3.05, 3.63) is 42.1 Å². The Morgan fingerprint density at radius 2 is 2.08 bits per heavy atom. The number of piperidine rings is 1. The highest BCUT2D eigenvalue weighted by Gasteiger charge is 2.18. The van der Waals surface area contributed by atoms with Crippen LogP contribution in [0.15, 0.2) is 36.5 Å². The molecule has 2 heterocycles. The van der Waals surface area contributed by atoms with E-state index in [0.29, 0.717) is 13.0 Å². The minimum absolute atomic E-state index is 0.0933. The summed E-state index contributed by atoms with van der Waals surface area (Å²) in [6.07, 6.45) is 8.29. The average molecular weight is 321 g/mol. The smallest absolute Gasteiger partial charge is 0.246 e. The van der Waals surface area contributed by atoms with Gasteiger partial charge < -0.3 is 9.47 Å². The van der Waals surface area contributed by atoms with Gasteiger partial charge in [-0.1, -0.05) is 25.1 Å². The molecule has 1 aromatic carbocycles. The van der Waals surface area contributed by atoms with Gasteiger partial charge in [-0.25, -0.2) is 0 Å². The Hall–Kier alpha value is -2.54. The maximum atomic E-state index is 12.4. The lowest BCUT2D eigenvalue weighted by molar-refractivity contribution is -0.127. The maximum absolute atomic E-state index is 12.4. The van der Waals surface area contributed by atoms with E-state index in [4.69, 9.17) is 5.26 Å². The number of carbonyl (C=O) groups is 1. The second kappa shape index (κ2) is 7.35. The number of nitriles is 1. The van der Waals surface area contributed by atoms with Crippen molar-refractivity contribution in [1.82, 2.24) is 9.47 Å². The SMILES string of the molecule is CC1CCN(C(=O)/C=C/c2cn(CCC#N)c3ccccc23)CC1. The first kappa shape index (κ1) is 16.3. The second-order valence-corrected chi connectivity index (χ2v) is 6.54. The van der Waals surface area contributed by atoms with Gasteiger partial charge >= 0.3 is 0 Å². The Morgan fingerprint density at radius 3 is 2.83 bits per heavy atom. The zero-order valence-corrected chi connectivity index (χ0v) is 14.1. The maximum Gasteiger partial charge on any atom is 0.246 e. The number of carbonyl (C=O) groups excluding carboxylic acids is 1. The molecule has 1 aliphatic rings. The van der Waals surface area contributed by atoms with E-state index < -0.39 is 0 Å². The minimum Gasteiger partial charge on any atom is -0.346 e. The molecule has 0 saturated carbocycles. The van der Waals surface area contributed by atoms with Gasteiger partial charge in [0.1, 0.15) is 0 Å². The molecular weight excluding hydrogens is 298 g/mol. The standard InChI is InChI=1S/C20H23N3O/c1-16-9-13-22(14-10-16)20(24)8-7-17-15-23(12-4-11-21)19-6-3-2-5-18(17)19/h2-3,5-8,15-16H,4,9-10,12-14H2,1H3/b8-7+. The summed E-state index contributed by atoms with van der Waals surface area (Å²) in [7, 11) is 0. The summed E-state index contributed by atoms with van der Waals surface area (Å²) < 4.78 is 2.09. The van der Waals surface area contributed by atoms with Gasteiger partial charge in [-0.2, -0.15) is 5.26 Å². The summed E-state index contributed by atoms with van der Waals surface area (Å²) in [5.41, 5.74) is 2.13. The van der Waals surface area contributed by atoms with Gasteiger partial charge in [0, 0.05) is 48.4 Å². The lowest BCUT2D eigenvalue weighted by atomic mass is 9.99. The van der Waals surface area contributed by atoms with Gasteiger partial charge in [0.05, 0.1) is 12.5 Å². The Bertz CT molecular complexity index is 789. The van der Waals surface area contributed by atoms with Gasteiger partial charge in [0.2, 0.25) is 5.91 Å². The first-order chi connectivity index (χ1) is 11.7. The summed E-state index contributed by atoms with van der Waals surface area (Å²) >= 11 is 0. The highest BCUT2D eigenvalue weighted by molar-refractivity contribution is 5.96. The van der Waals surface area contributed by atoms with Crippen LogP contribution in [-0.4, -0.2) is 28.5 Å². The fourth-order valence-electron chi connectivity index (χ4n) is 3.26. The molecule has 0 bridgehead atoms. The fourth-order valence-corrected chi connectivity index (χ4v) is 3.26. The van der Waals surface area contributed by atoms with Crippen LogP contribution in [0.25, 0.3) is 17.0 Å². The lowest BCUT2D eigenvalue weighted by Crippen LogP contribution is -2.36. The van der Waals surface area contributed by atoms with Crippen molar-refractivity contribution in [3.8, 4) is 6.07 Å². The predicted octanol–water partition coefficient (Wildman–Crippen LogP) is 3.83. The first-order valence-corrected chi connectivity index (χ1v) is 8.61. The van der Waals surface area contributed by atoms with Crippen LogP contribution in [0.3, 0.4) is 0 Å². The van der Waals surface area contributed by atoms with Crippen LogP contribution < -0.4 is 0 Å². The zero-order valence-electron chi connectivity index (χ0n) is 14.1. The first-order valence-electron chi connectivity index (χ1n) is 8.61. The molecule has 0 atom stereocenters. The van der Waals surface area contributed by atoms with Crippen LogP contribution in [0.5, 0.6) is 0 Å². The number of para-hydroxylation sites is 1. The summed E-state index contributed by atoms with van der Waals surface area (Å²) in [5, 5.41) is 9.94. The highest BCUT2D eigenvalue weighted by Crippen LogP contribution is 2.23. The summed E-state index contributed by atoms with van der Waals surface area (Å²) in [6.45, 7) is 4.62. The molecule has 3 rings (SSSR count). The van der Waals surface area contributed by atoms with E-state index in [9.17, 15) is 4.79 Å². The normalized spacial score (nSPS) is 15.9. The molecule has 1 aliphatic heterocycles. The number of fused-ring (bicyclic) bond motifs is 1. The van der Waals surface area contributed by atoms with Crippen LogP contribution in [0.1, 0.15) is 31.7 Å². The molecule has 4 heteroatoms. The molecule has 0 radical (unpaired) electrons. The van der Waals surface area contributed by atoms with Gasteiger partial charge in [0.15, 0.2) is 0 Å². The average Bonchev–Trinajstić information content (AvgIpc) is 2.96. The number of amides is 1. The van der Waals surface area contributed by atoms with Crippen molar-refractivity contribution in [1.29, 1.82) is 5.26 Å². The largest absolute Gasteiger partial charge is 0.346 e. The number of aromatic nitrogens is 1. The quantitative estimate of drug-likeness (QED) is 0.804. The molecule has 4 nitrogen and oxygen atoms in total. The number of hydrogen-bond donors (Lipinski definition) is 0. The predicted molar refractivity (Wildman–Crippen MR) is 96.2 cm³/mol. The molecule has 1 amide bonds. The molecule has 24 heavy (non-hydrogen) atoms. The Balaban J connectivity index is 1.79. The highest BCUT2D eigenvalue weighted by atomic mass is 16.2. The van der Waals surface area contributed by atoms with Crippen molar-refractivity contribution in [3.63, 3.8) is 0 Å². The summed E-state index contributed by atoms with van der Waals surface area (Å²) in [4.78, 5) is 14.3. The van der Waals surface area contributed by atoms with E-state index in [1.165, 1.54) is 0 Å². The number of hydrogen-bond acceptors (Lipinski definition) is 2. The molecule has 0 unspecified atom stereocenters. The number of nitrogens with zero attached hydrogens (tertiary/aromatic N) is 3. The molecular formula is C20H23N3O. The third-order valence-electron chi connectivity index (χ3n) is 4.78. The molecule has 1 fully saturated rings. The minimum atomic E-state index is 0.0933. The summed E-state index contributed by atoms with van der Waals surface area (Å²) in [6, 6.07) is 10.3. The zero-order chi connectivity index (χ0) is 16.9. The van der Waals surface area contributed by atoms with Crippen LogP contribution >= 0.6 is 0 Å². The van der Waals surface area contributed by atoms with Gasteiger partial charge in [0.25, 0.3) is 0 Å². The summed E-state index contributed by atoms with van der Waals surface area (Å²) in [5.74, 6) is 0.812. The van der Waals surface area contributed by atoms with E-state index in [1.54, 1.807) is 6.08 Å². The van der Waals surface area contributed by atoms with Crippen molar-refractivity contribution >= 4 is 22.9 Å². The van der Waals surface area contributed by atoms with Gasteiger partial charge in [-0.05, 0) is 30.9 Å². The van der Waals surface area contributed by atoms with Crippen LogP contribution in [0, 0.1) is 17.2 Å². The van der Waals surface area contributed by atoms with E-state index in [1.807, 2.05) is 29.3 Å². The van der Waals surface area contributed by atoms with Crippen molar-refractivity contribution in [2.24, 2.45) is 5.92 Å². The molecule has 0 aliphatic carbocycles. The van der Waals surface area contributed by atoms with Crippen molar-refractivity contribution in [2.45, 2.75) is 32.7 Å². The van der Waals surface area contributed by atoms with E-state index in [-0.39, 0.29) is 5.91 Å². The second-order valence-electron chi connectivity index (χ2n) is 6.54. The van der Waals surface area contributed by atoms with Gasteiger partial charge in [-0.3, -0.25) is 4.79 Å². The van der Waals surface area contributed by atoms with Gasteiger partial charge in [-0.15, -0.1) is 0 Å². The number of likely N-dealkylation sites (tertiary alicyclic amines) is 1. The number of aryl methyl sites for hydroxylation is 1. The number of rotatable bonds is 4. The Labute approximate surface area is 143 Å². The molecule has 0 spiro atoms. The van der Waals surface area contributed by atoms with Crippen LogP contribution in [0.2, 0.25) is 0 Å². The van der Waals surface area contributed by atoms with Crippen LogP contribution in [0.4, 0.5) is 0 Å². The van der Waals surface area contributed by atoms with E-state index >= 15 is 0 Å². The van der Waals surface area contributed by atoms with Crippen LogP contribution in [-0.2, 0) is 11.3 Å². The Kier molecular flexibility index (Phi) is 5.00. The molecule has 1 aromatic heterocycles. The monoisotopic (exact) mass is 321 g/mol.